The third kappa shape index (κ3) is 6.19. The summed E-state index contributed by atoms with van der Waals surface area (Å²) in [5.74, 6) is 6.16. The molecule has 0 aliphatic carbocycles. The van der Waals surface area contributed by atoms with Crippen LogP contribution < -0.4 is 0 Å². The van der Waals surface area contributed by atoms with Gasteiger partial charge in [0.1, 0.15) is 5.82 Å². The molecule has 0 radical (unpaired) electrons. The standard InChI is InChI=1S/C26H23FN2S/c1-2-3-4-5-6-20-7-9-21(10-8-20)11-12-22-13-15-23(16-14-22)24-18-28-26(29-19-30)17-25(24)27/h7-10,13-18H,2-6H2,1H3. The van der Waals surface area contributed by atoms with Crippen LogP contribution in [0.2, 0.25) is 0 Å². The summed E-state index contributed by atoms with van der Waals surface area (Å²) in [4.78, 5) is 7.77. The predicted molar refractivity (Wildman–Crippen MR) is 125 cm³/mol. The highest BCUT2D eigenvalue weighted by Crippen LogP contribution is 2.24. The van der Waals surface area contributed by atoms with Crippen LogP contribution in [0.25, 0.3) is 11.1 Å². The molecule has 1 aromatic heterocycles. The van der Waals surface area contributed by atoms with E-state index in [1.807, 2.05) is 24.3 Å². The number of nitrogens with zero attached hydrogens (tertiary/aromatic N) is 2. The molecule has 4 heteroatoms. The highest BCUT2D eigenvalue weighted by molar-refractivity contribution is 7.78. The fourth-order valence-electron chi connectivity index (χ4n) is 3.13. The van der Waals surface area contributed by atoms with Crippen molar-refractivity contribution in [3.63, 3.8) is 0 Å². The monoisotopic (exact) mass is 414 g/mol. The van der Waals surface area contributed by atoms with Gasteiger partial charge in [-0.15, -0.1) is 0 Å². The van der Waals surface area contributed by atoms with Gasteiger partial charge in [0.05, 0.1) is 5.16 Å². The van der Waals surface area contributed by atoms with Crippen molar-refractivity contribution >= 4 is 23.2 Å². The van der Waals surface area contributed by atoms with E-state index in [1.54, 1.807) is 0 Å². The van der Waals surface area contributed by atoms with Crippen LogP contribution in [0.15, 0.2) is 65.8 Å². The Morgan fingerprint density at radius 1 is 0.933 bits per heavy atom. The molecular formula is C26H23FN2S. The quantitative estimate of drug-likeness (QED) is 0.178. The summed E-state index contributed by atoms with van der Waals surface area (Å²) in [6, 6.07) is 17.1. The van der Waals surface area contributed by atoms with Crippen LogP contribution in [-0.4, -0.2) is 10.1 Å². The molecule has 0 saturated heterocycles. The molecule has 2 aromatic carbocycles. The molecule has 3 aromatic rings. The summed E-state index contributed by atoms with van der Waals surface area (Å²) in [6.07, 6.45) is 7.67. The first-order valence-electron chi connectivity index (χ1n) is 10.1. The van der Waals surface area contributed by atoms with Crippen molar-refractivity contribution in [1.29, 1.82) is 0 Å². The number of benzene rings is 2. The van der Waals surface area contributed by atoms with Crippen molar-refractivity contribution in [1.82, 2.24) is 4.98 Å². The smallest absolute Gasteiger partial charge is 0.165 e. The van der Waals surface area contributed by atoms with Crippen LogP contribution >= 0.6 is 12.2 Å². The van der Waals surface area contributed by atoms with Gasteiger partial charge in [-0.05, 0) is 60.5 Å². The van der Waals surface area contributed by atoms with Crippen molar-refractivity contribution in [2.24, 2.45) is 4.99 Å². The van der Waals surface area contributed by atoms with E-state index in [1.165, 1.54) is 43.5 Å². The Hall–Kier alpha value is -3.12. The molecule has 0 amide bonds. The Morgan fingerprint density at radius 3 is 2.20 bits per heavy atom. The molecule has 0 aliphatic heterocycles. The number of pyridine rings is 1. The van der Waals surface area contributed by atoms with Crippen LogP contribution in [0.4, 0.5) is 10.2 Å². The van der Waals surface area contributed by atoms with E-state index in [4.69, 9.17) is 0 Å². The van der Waals surface area contributed by atoms with Gasteiger partial charge in [0.2, 0.25) is 0 Å². The van der Waals surface area contributed by atoms with Crippen molar-refractivity contribution < 1.29 is 4.39 Å². The Kier molecular flexibility index (Phi) is 8.03. The van der Waals surface area contributed by atoms with Crippen LogP contribution in [0.3, 0.4) is 0 Å². The van der Waals surface area contributed by atoms with Gasteiger partial charge in [-0.2, -0.15) is 4.99 Å². The van der Waals surface area contributed by atoms with Gasteiger partial charge >= 0.3 is 0 Å². The molecule has 2 nitrogen and oxygen atoms in total. The summed E-state index contributed by atoms with van der Waals surface area (Å²) in [5, 5.41) is 2.19. The zero-order valence-electron chi connectivity index (χ0n) is 17.0. The molecule has 150 valence electrons. The third-order valence-corrected chi connectivity index (χ3v) is 4.91. The van der Waals surface area contributed by atoms with Crippen LogP contribution in [-0.2, 0) is 6.42 Å². The van der Waals surface area contributed by atoms with Gasteiger partial charge in [-0.1, -0.05) is 62.3 Å². The van der Waals surface area contributed by atoms with Crippen molar-refractivity contribution in [3.05, 3.63) is 83.3 Å². The second kappa shape index (κ2) is 11.2. The first-order chi connectivity index (χ1) is 14.7. The lowest BCUT2D eigenvalue weighted by Gasteiger charge is -2.03. The van der Waals surface area contributed by atoms with E-state index < -0.39 is 5.82 Å². The number of unbranched alkanes of at least 4 members (excludes halogenated alkanes) is 3. The van der Waals surface area contributed by atoms with E-state index in [-0.39, 0.29) is 5.82 Å². The lowest BCUT2D eigenvalue weighted by atomic mass is 10.0. The topological polar surface area (TPSA) is 25.2 Å². The van der Waals surface area contributed by atoms with Gasteiger partial charge in [0, 0.05) is 29.0 Å². The van der Waals surface area contributed by atoms with Gasteiger partial charge in [0.15, 0.2) is 5.82 Å². The fourth-order valence-corrected chi connectivity index (χ4v) is 3.22. The van der Waals surface area contributed by atoms with Crippen molar-refractivity contribution in [3.8, 4) is 23.0 Å². The number of aliphatic imine (C=N–C) groups is 1. The summed E-state index contributed by atoms with van der Waals surface area (Å²) in [7, 11) is 0. The lowest BCUT2D eigenvalue weighted by molar-refractivity contribution is 0.629. The van der Waals surface area contributed by atoms with Crippen LogP contribution in [0, 0.1) is 17.7 Å². The van der Waals surface area contributed by atoms with Crippen molar-refractivity contribution in [2.75, 3.05) is 0 Å². The molecule has 0 saturated carbocycles. The first kappa shape index (κ1) is 21.6. The maximum Gasteiger partial charge on any atom is 0.165 e. The van der Waals surface area contributed by atoms with Gasteiger partial charge in [-0.3, -0.25) is 0 Å². The number of aromatic nitrogens is 1. The summed E-state index contributed by atoms with van der Waals surface area (Å²) < 4.78 is 14.3. The molecule has 0 unspecified atom stereocenters. The third-order valence-electron chi connectivity index (χ3n) is 4.82. The normalized spacial score (nSPS) is 10.1. The molecule has 0 fully saturated rings. The number of hydrogen-bond donors (Lipinski definition) is 0. The molecule has 30 heavy (non-hydrogen) atoms. The minimum absolute atomic E-state index is 0.209. The van der Waals surface area contributed by atoms with Gasteiger partial charge in [0.25, 0.3) is 0 Å². The second-order valence-corrected chi connectivity index (χ2v) is 7.24. The van der Waals surface area contributed by atoms with E-state index in [2.05, 4.69) is 70.4 Å². The molecule has 0 spiro atoms. The number of isothiocyanates is 1. The zero-order chi connectivity index (χ0) is 21.2. The predicted octanol–water partition coefficient (Wildman–Crippen LogP) is 7.14. The Morgan fingerprint density at radius 2 is 1.60 bits per heavy atom. The molecule has 0 atom stereocenters. The average molecular weight is 415 g/mol. The number of halogens is 1. The second-order valence-electron chi connectivity index (χ2n) is 7.06. The van der Waals surface area contributed by atoms with Crippen LogP contribution in [0.1, 0.15) is 49.3 Å². The van der Waals surface area contributed by atoms with E-state index in [0.29, 0.717) is 5.56 Å². The van der Waals surface area contributed by atoms with E-state index in [0.717, 1.165) is 23.1 Å². The van der Waals surface area contributed by atoms with Gasteiger partial charge < -0.3 is 0 Å². The number of thiocarbonyl (C=S) groups is 1. The highest BCUT2D eigenvalue weighted by atomic mass is 32.1. The Balaban J connectivity index is 1.65. The molecule has 0 aliphatic rings. The number of rotatable bonds is 7. The minimum Gasteiger partial charge on any atom is -0.236 e. The molecular weight excluding hydrogens is 391 g/mol. The van der Waals surface area contributed by atoms with Crippen LogP contribution in [0.5, 0.6) is 0 Å². The SMILES string of the molecule is CCCCCCc1ccc(C#Cc2ccc(-c3cnc(N=C=S)cc3F)cc2)cc1. The average Bonchev–Trinajstić information content (AvgIpc) is 2.77. The van der Waals surface area contributed by atoms with Gasteiger partial charge in [-0.25, -0.2) is 9.37 Å². The maximum absolute atomic E-state index is 14.3. The molecule has 1 heterocycles. The van der Waals surface area contributed by atoms with Crippen molar-refractivity contribution in [2.45, 2.75) is 39.0 Å². The number of hydrogen-bond acceptors (Lipinski definition) is 3. The lowest BCUT2D eigenvalue weighted by Crippen LogP contribution is -1.87. The maximum atomic E-state index is 14.3. The zero-order valence-corrected chi connectivity index (χ0v) is 17.8. The fraction of sp³-hybridized carbons (Fsp3) is 0.231. The molecule has 0 bridgehead atoms. The summed E-state index contributed by atoms with van der Waals surface area (Å²) >= 11 is 4.52. The van der Waals surface area contributed by atoms with E-state index in [9.17, 15) is 4.39 Å². The molecule has 0 N–H and O–H groups in total. The number of aryl methyl sites for hydroxylation is 1. The summed E-state index contributed by atoms with van der Waals surface area (Å²) in [6.45, 7) is 2.23. The first-order valence-corrected chi connectivity index (χ1v) is 10.5. The largest absolute Gasteiger partial charge is 0.236 e. The highest BCUT2D eigenvalue weighted by Gasteiger charge is 2.07. The molecule has 3 rings (SSSR count). The minimum atomic E-state index is -0.400. The van der Waals surface area contributed by atoms with E-state index >= 15 is 0 Å². The summed E-state index contributed by atoms with van der Waals surface area (Å²) in [5.41, 5.74) is 4.36. The Labute approximate surface area is 182 Å². The Bertz CT molecular complexity index is 1090.